The van der Waals surface area contributed by atoms with Gasteiger partial charge in [0, 0.05) is 24.1 Å². The van der Waals surface area contributed by atoms with Gasteiger partial charge in [0.2, 0.25) is 0 Å². The zero-order chi connectivity index (χ0) is 9.80. The summed E-state index contributed by atoms with van der Waals surface area (Å²) in [5, 5.41) is 13.1. The Morgan fingerprint density at radius 2 is 2.43 bits per heavy atom. The number of thioether (sulfide) groups is 1. The summed E-state index contributed by atoms with van der Waals surface area (Å²) in [5.41, 5.74) is 1.54. The first-order chi connectivity index (χ1) is 6.84. The fraction of sp³-hybridized carbons (Fsp3) is 0.818. The average molecular weight is 213 g/mol. The van der Waals surface area contributed by atoms with Crippen LogP contribution in [-0.2, 0) is 0 Å². The SMILES string of the molecule is OC1CCCC(NCC2=CCSC2)C1. The summed E-state index contributed by atoms with van der Waals surface area (Å²) in [4.78, 5) is 0. The number of aliphatic hydroxyl groups excluding tert-OH is 1. The van der Waals surface area contributed by atoms with E-state index in [-0.39, 0.29) is 6.10 Å². The van der Waals surface area contributed by atoms with Crippen LogP contribution in [0.5, 0.6) is 0 Å². The van der Waals surface area contributed by atoms with Crippen molar-refractivity contribution in [3.8, 4) is 0 Å². The van der Waals surface area contributed by atoms with E-state index in [1.54, 1.807) is 0 Å². The topological polar surface area (TPSA) is 32.3 Å². The van der Waals surface area contributed by atoms with Gasteiger partial charge in [0.25, 0.3) is 0 Å². The van der Waals surface area contributed by atoms with E-state index in [4.69, 9.17) is 0 Å². The summed E-state index contributed by atoms with van der Waals surface area (Å²) in [6, 6.07) is 0.547. The molecule has 1 saturated carbocycles. The number of hydrogen-bond acceptors (Lipinski definition) is 3. The highest BCUT2D eigenvalue weighted by atomic mass is 32.2. The quantitative estimate of drug-likeness (QED) is 0.698. The normalized spacial score (nSPS) is 33.1. The summed E-state index contributed by atoms with van der Waals surface area (Å²) < 4.78 is 0. The third-order valence-corrected chi connectivity index (χ3v) is 4.02. The van der Waals surface area contributed by atoms with Gasteiger partial charge in [0.15, 0.2) is 0 Å². The molecule has 0 spiro atoms. The number of rotatable bonds is 3. The van der Waals surface area contributed by atoms with Crippen molar-refractivity contribution in [3.05, 3.63) is 11.6 Å². The molecule has 0 radical (unpaired) electrons. The van der Waals surface area contributed by atoms with Crippen LogP contribution in [0.1, 0.15) is 25.7 Å². The summed E-state index contributed by atoms with van der Waals surface area (Å²) in [5.74, 6) is 2.38. The molecule has 0 aromatic rings. The molecule has 14 heavy (non-hydrogen) atoms. The number of hydrogen-bond donors (Lipinski definition) is 2. The highest BCUT2D eigenvalue weighted by molar-refractivity contribution is 7.99. The van der Waals surface area contributed by atoms with E-state index in [1.807, 2.05) is 11.8 Å². The third kappa shape index (κ3) is 3.01. The van der Waals surface area contributed by atoms with Gasteiger partial charge in [0.05, 0.1) is 6.10 Å². The van der Waals surface area contributed by atoms with Crippen LogP contribution in [0, 0.1) is 0 Å². The maximum absolute atomic E-state index is 9.51. The predicted molar refractivity (Wildman–Crippen MR) is 61.7 cm³/mol. The van der Waals surface area contributed by atoms with Gasteiger partial charge in [-0.3, -0.25) is 0 Å². The summed E-state index contributed by atoms with van der Waals surface area (Å²) in [6.07, 6.45) is 6.62. The largest absolute Gasteiger partial charge is 0.393 e. The Morgan fingerprint density at radius 3 is 3.14 bits per heavy atom. The van der Waals surface area contributed by atoms with Crippen LogP contribution in [-0.4, -0.2) is 35.3 Å². The number of aliphatic hydroxyl groups is 1. The van der Waals surface area contributed by atoms with Crippen LogP contribution in [0.4, 0.5) is 0 Å². The molecule has 80 valence electrons. The third-order valence-electron chi connectivity index (χ3n) is 3.04. The van der Waals surface area contributed by atoms with Crippen molar-refractivity contribution in [2.45, 2.75) is 37.8 Å². The van der Waals surface area contributed by atoms with Crippen molar-refractivity contribution < 1.29 is 5.11 Å². The molecule has 0 aromatic heterocycles. The molecule has 2 atom stereocenters. The molecule has 2 aliphatic rings. The molecule has 2 N–H and O–H groups in total. The maximum atomic E-state index is 9.51. The zero-order valence-electron chi connectivity index (χ0n) is 8.54. The van der Waals surface area contributed by atoms with Crippen LogP contribution in [0.3, 0.4) is 0 Å². The van der Waals surface area contributed by atoms with Crippen LogP contribution in [0.25, 0.3) is 0 Å². The van der Waals surface area contributed by atoms with Gasteiger partial charge in [-0.1, -0.05) is 6.08 Å². The van der Waals surface area contributed by atoms with E-state index in [1.165, 1.54) is 29.9 Å². The lowest BCUT2D eigenvalue weighted by Gasteiger charge is -2.26. The van der Waals surface area contributed by atoms with Gasteiger partial charge in [-0.2, -0.15) is 11.8 Å². The highest BCUT2D eigenvalue weighted by Crippen LogP contribution is 2.20. The summed E-state index contributed by atoms with van der Waals surface area (Å²) >= 11 is 1.99. The second-order valence-electron chi connectivity index (χ2n) is 4.28. The monoisotopic (exact) mass is 213 g/mol. The molecule has 0 amide bonds. The van der Waals surface area contributed by atoms with E-state index in [2.05, 4.69) is 11.4 Å². The minimum Gasteiger partial charge on any atom is -0.393 e. The Bertz CT molecular complexity index is 217. The van der Waals surface area contributed by atoms with Gasteiger partial charge in [-0.15, -0.1) is 0 Å². The Labute approximate surface area is 90.2 Å². The Balaban J connectivity index is 1.69. The lowest BCUT2D eigenvalue weighted by Crippen LogP contribution is -2.37. The predicted octanol–water partition coefficient (Wildman–Crippen LogP) is 1.55. The van der Waals surface area contributed by atoms with Crippen molar-refractivity contribution in [1.82, 2.24) is 5.32 Å². The molecular weight excluding hydrogens is 194 g/mol. The smallest absolute Gasteiger partial charge is 0.0555 e. The molecule has 0 saturated heterocycles. The minimum absolute atomic E-state index is 0.0619. The first-order valence-corrected chi connectivity index (χ1v) is 6.67. The number of nitrogens with one attached hydrogen (secondary N) is 1. The highest BCUT2D eigenvalue weighted by Gasteiger charge is 2.19. The first-order valence-electron chi connectivity index (χ1n) is 5.51. The van der Waals surface area contributed by atoms with Crippen molar-refractivity contribution in [3.63, 3.8) is 0 Å². The van der Waals surface area contributed by atoms with Crippen LogP contribution < -0.4 is 5.32 Å². The van der Waals surface area contributed by atoms with Crippen LogP contribution >= 0.6 is 11.8 Å². The van der Waals surface area contributed by atoms with Crippen LogP contribution in [0.15, 0.2) is 11.6 Å². The second-order valence-corrected chi connectivity index (χ2v) is 5.31. The maximum Gasteiger partial charge on any atom is 0.0555 e. The standard InChI is InChI=1S/C11H19NOS/c13-11-3-1-2-10(6-11)12-7-9-4-5-14-8-9/h4,10-13H,1-3,5-8H2. The van der Waals surface area contributed by atoms with Gasteiger partial charge >= 0.3 is 0 Å². The van der Waals surface area contributed by atoms with Crippen molar-refractivity contribution in [2.24, 2.45) is 0 Å². The van der Waals surface area contributed by atoms with E-state index in [9.17, 15) is 5.11 Å². The molecule has 2 rings (SSSR count). The van der Waals surface area contributed by atoms with Crippen molar-refractivity contribution >= 4 is 11.8 Å². The van der Waals surface area contributed by atoms with E-state index in [0.717, 1.165) is 19.4 Å². The summed E-state index contributed by atoms with van der Waals surface area (Å²) in [6.45, 7) is 1.03. The average Bonchev–Trinajstić information content (AvgIpc) is 2.67. The zero-order valence-corrected chi connectivity index (χ0v) is 9.35. The Hall–Kier alpha value is 0.01000. The molecule has 0 aromatic carbocycles. The van der Waals surface area contributed by atoms with Gasteiger partial charge < -0.3 is 10.4 Å². The lowest BCUT2D eigenvalue weighted by molar-refractivity contribution is 0.113. The molecule has 2 unspecified atom stereocenters. The van der Waals surface area contributed by atoms with Gasteiger partial charge in [-0.05, 0) is 31.3 Å². The minimum atomic E-state index is -0.0619. The second kappa shape index (κ2) is 5.19. The van der Waals surface area contributed by atoms with Crippen LogP contribution in [0.2, 0.25) is 0 Å². The first kappa shape index (κ1) is 10.5. The Morgan fingerprint density at radius 1 is 1.50 bits per heavy atom. The molecule has 1 heterocycles. The molecule has 2 nitrogen and oxygen atoms in total. The van der Waals surface area contributed by atoms with Crippen molar-refractivity contribution in [2.75, 3.05) is 18.1 Å². The molecule has 1 fully saturated rings. The summed E-state index contributed by atoms with van der Waals surface area (Å²) in [7, 11) is 0. The van der Waals surface area contributed by atoms with E-state index in [0.29, 0.717) is 6.04 Å². The fourth-order valence-electron chi connectivity index (χ4n) is 2.17. The lowest BCUT2D eigenvalue weighted by atomic mass is 9.93. The van der Waals surface area contributed by atoms with Gasteiger partial charge in [0.1, 0.15) is 0 Å². The fourth-order valence-corrected chi connectivity index (χ4v) is 3.13. The van der Waals surface area contributed by atoms with E-state index >= 15 is 0 Å². The Kier molecular flexibility index (Phi) is 3.90. The van der Waals surface area contributed by atoms with Gasteiger partial charge in [-0.25, -0.2) is 0 Å². The van der Waals surface area contributed by atoms with E-state index < -0.39 is 0 Å². The molecule has 1 aliphatic carbocycles. The molecular formula is C11H19NOS. The molecule has 1 aliphatic heterocycles. The molecule has 0 bridgehead atoms. The van der Waals surface area contributed by atoms with Crippen molar-refractivity contribution in [1.29, 1.82) is 0 Å². The molecule has 3 heteroatoms.